The van der Waals surface area contributed by atoms with Crippen LogP contribution in [-0.2, 0) is 9.59 Å². The molecule has 18 heavy (non-hydrogen) atoms. The fraction of sp³-hybridized carbons (Fsp3) is 0.182. The highest BCUT2D eigenvalue weighted by Gasteiger charge is 2.30. The molecule has 2 aromatic heterocycles. The Bertz CT molecular complexity index is 652. The molecule has 0 bridgehead atoms. The molecule has 2 N–H and O–H groups in total. The Balaban J connectivity index is 2.06. The highest BCUT2D eigenvalue weighted by Crippen LogP contribution is 2.19. The third-order valence-corrected chi connectivity index (χ3v) is 3.24. The number of halogens is 1. The van der Waals surface area contributed by atoms with E-state index in [1.807, 2.05) is 22.7 Å². The highest BCUT2D eigenvalue weighted by atomic mass is 79.9. The van der Waals surface area contributed by atoms with E-state index >= 15 is 0 Å². The van der Waals surface area contributed by atoms with Gasteiger partial charge in [-0.1, -0.05) is 0 Å². The first-order chi connectivity index (χ1) is 8.65. The first kappa shape index (κ1) is 11.4. The van der Waals surface area contributed by atoms with Crippen LogP contribution in [0.25, 0.3) is 5.52 Å². The van der Waals surface area contributed by atoms with Gasteiger partial charge in [0.25, 0.3) is 5.91 Å². The van der Waals surface area contributed by atoms with Crippen molar-refractivity contribution in [2.45, 2.75) is 6.04 Å². The lowest BCUT2D eigenvalue weighted by Crippen LogP contribution is -2.51. The SMILES string of the molecule is O=C1CNC(c2ncc3ccc(Br)cn23)C(=O)N1. The van der Waals surface area contributed by atoms with Crippen LogP contribution in [0.2, 0.25) is 0 Å². The van der Waals surface area contributed by atoms with Crippen molar-refractivity contribution in [1.29, 1.82) is 0 Å². The molecule has 1 unspecified atom stereocenters. The molecule has 0 aromatic carbocycles. The molecule has 1 fully saturated rings. The van der Waals surface area contributed by atoms with Crippen LogP contribution in [0, 0.1) is 0 Å². The molecule has 2 aromatic rings. The van der Waals surface area contributed by atoms with Crippen molar-refractivity contribution in [2.24, 2.45) is 0 Å². The second-order valence-corrected chi connectivity index (χ2v) is 4.90. The molecule has 3 heterocycles. The summed E-state index contributed by atoms with van der Waals surface area (Å²) in [5.74, 6) is -0.131. The van der Waals surface area contributed by atoms with E-state index in [1.165, 1.54) is 0 Å². The van der Waals surface area contributed by atoms with Crippen molar-refractivity contribution < 1.29 is 9.59 Å². The fourth-order valence-corrected chi connectivity index (χ4v) is 2.28. The van der Waals surface area contributed by atoms with Crippen LogP contribution in [0.3, 0.4) is 0 Å². The van der Waals surface area contributed by atoms with Gasteiger partial charge in [0.2, 0.25) is 5.91 Å². The van der Waals surface area contributed by atoms with Gasteiger partial charge in [0.15, 0.2) is 0 Å². The average Bonchev–Trinajstić information content (AvgIpc) is 2.72. The zero-order chi connectivity index (χ0) is 12.7. The molecule has 1 aliphatic rings. The summed E-state index contributed by atoms with van der Waals surface area (Å²) in [4.78, 5) is 27.1. The first-order valence-corrected chi connectivity index (χ1v) is 6.14. The number of carbonyl (C=O) groups is 2. The van der Waals surface area contributed by atoms with E-state index in [1.54, 1.807) is 6.20 Å². The lowest BCUT2D eigenvalue weighted by atomic mass is 10.2. The van der Waals surface area contributed by atoms with Crippen molar-refractivity contribution >= 4 is 33.3 Å². The molecule has 7 heteroatoms. The lowest BCUT2D eigenvalue weighted by Gasteiger charge is -2.21. The van der Waals surface area contributed by atoms with Gasteiger partial charge in [-0.2, -0.15) is 0 Å². The third kappa shape index (κ3) is 1.81. The Morgan fingerprint density at radius 3 is 3.00 bits per heavy atom. The Morgan fingerprint density at radius 2 is 2.22 bits per heavy atom. The van der Waals surface area contributed by atoms with Gasteiger partial charge in [0.05, 0.1) is 18.3 Å². The van der Waals surface area contributed by atoms with Crippen molar-refractivity contribution in [3.05, 3.63) is 34.8 Å². The van der Waals surface area contributed by atoms with E-state index in [0.717, 1.165) is 9.99 Å². The average molecular weight is 309 g/mol. The number of amides is 2. The molecule has 1 saturated heterocycles. The van der Waals surface area contributed by atoms with Gasteiger partial charge < -0.3 is 4.40 Å². The Kier molecular flexibility index (Phi) is 2.64. The van der Waals surface area contributed by atoms with E-state index in [2.05, 4.69) is 31.5 Å². The number of pyridine rings is 1. The van der Waals surface area contributed by atoms with E-state index < -0.39 is 6.04 Å². The maximum absolute atomic E-state index is 11.8. The summed E-state index contributed by atoms with van der Waals surface area (Å²) in [7, 11) is 0. The van der Waals surface area contributed by atoms with E-state index in [9.17, 15) is 9.59 Å². The Hall–Kier alpha value is -1.73. The van der Waals surface area contributed by atoms with Crippen molar-refractivity contribution in [3.63, 3.8) is 0 Å². The Morgan fingerprint density at radius 1 is 1.39 bits per heavy atom. The summed E-state index contributed by atoms with van der Waals surface area (Å²) in [6, 6.07) is 3.19. The van der Waals surface area contributed by atoms with Gasteiger partial charge in [-0.05, 0) is 28.1 Å². The Labute approximate surface area is 111 Å². The smallest absolute Gasteiger partial charge is 0.251 e. The number of nitrogens with one attached hydrogen (secondary N) is 2. The van der Waals surface area contributed by atoms with Gasteiger partial charge in [-0.3, -0.25) is 20.2 Å². The monoisotopic (exact) mass is 308 g/mol. The van der Waals surface area contributed by atoms with Gasteiger partial charge in [0.1, 0.15) is 11.9 Å². The number of hydrogen-bond donors (Lipinski definition) is 2. The third-order valence-electron chi connectivity index (χ3n) is 2.77. The minimum absolute atomic E-state index is 0.110. The molecule has 3 rings (SSSR count). The number of hydrogen-bond acceptors (Lipinski definition) is 4. The number of piperazine rings is 1. The first-order valence-electron chi connectivity index (χ1n) is 5.35. The predicted molar refractivity (Wildman–Crippen MR) is 66.8 cm³/mol. The summed E-state index contributed by atoms with van der Waals surface area (Å²) in [6.45, 7) is 0.110. The van der Waals surface area contributed by atoms with Gasteiger partial charge >= 0.3 is 0 Å². The number of fused-ring (bicyclic) bond motifs is 1. The fourth-order valence-electron chi connectivity index (χ4n) is 1.95. The van der Waals surface area contributed by atoms with Crippen LogP contribution in [0.5, 0.6) is 0 Å². The molecule has 0 spiro atoms. The van der Waals surface area contributed by atoms with Gasteiger partial charge in [-0.25, -0.2) is 4.98 Å². The minimum atomic E-state index is -0.612. The van der Waals surface area contributed by atoms with Crippen molar-refractivity contribution in [1.82, 2.24) is 20.0 Å². The molecule has 0 aliphatic carbocycles. The predicted octanol–water partition coefficient (Wildman–Crippen LogP) is 0.384. The van der Waals surface area contributed by atoms with E-state index in [4.69, 9.17) is 0 Å². The maximum Gasteiger partial charge on any atom is 0.251 e. The second-order valence-electron chi connectivity index (χ2n) is 3.98. The zero-order valence-corrected chi connectivity index (χ0v) is 10.8. The van der Waals surface area contributed by atoms with Crippen molar-refractivity contribution in [3.8, 4) is 0 Å². The topological polar surface area (TPSA) is 75.5 Å². The lowest BCUT2D eigenvalue weighted by molar-refractivity contribution is -0.134. The minimum Gasteiger partial charge on any atom is -0.301 e. The molecule has 2 amide bonds. The largest absolute Gasteiger partial charge is 0.301 e. The number of imidazole rings is 1. The zero-order valence-electron chi connectivity index (χ0n) is 9.18. The molecule has 0 radical (unpaired) electrons. The number of rotatable bonds is 1. The van der Waals surface area contributed by atoms with Crippen LogP contribution in [0.15, 0.2) is 29.0 Å². The molecule has 1 aliphatic heterocycles. The van der Waals surface area contributed by atoms with E-state index in [-0.39, 0.29) is 18.4 Å². The normalized spacial score (nSPS) is 20.2. The quantitative estimate of drug-likeness (QED) is 0.747. The van der Waals surface area contributed by atoms with Gasteiger partial charge in [0, 0.05) is 10.7 Å². The maximum atomic E-state index is 11.8. The van der Waals surface area contributed by atoms with Crippen LogP contribution < -0.4 is 10.6 Å². The highest BCUT2D eigenvalue weighted by molar-refractivity contribution is 9.10. The summed E-state index contributed by atoms with van der Waals surface area (Å²) >= 11 is 3.38. The molecule has 92 valence electrons. The van der Waals surface area contributed by atoms with E-state index in [0.29, 0.717) is 5.82 Å². The number of nitrogens with zero attached hydrogens (tertiary/aromatic N) is 2. The number of aromatic nitrogens is 2. The van der Waals surface area contributed by atoms with Crippen LogP contribution >= 0.6 is 15.9 Å². The van der Waals surface area contributed by atoms with Crippen LogP contribution in [0.1, 0.15) is 11.9 Å². The molecule has 1 atom stereocenters. The van der Waals surface area contributed by atoms with Crippen molar-refractivity contribution in [2.75, 3.05) is 6.54 Å². The number of imide groups is 1. The summed E-state index contributed by atoms with van der Waals surface area (Å²) in [5.41, 5.74) is 0.889. The van der Waals surface area contributed by atoms with Gasteiger partial charge in [-0.15, -0.1) is 0 Å². The molecule has 0 saturated carbocycles. The van der Waals surface area contributed by atoms with Crippen LogP contribution in [0.4, 0.5) is 0 Å². The molecular weight excluding hydrogens is 300 g/mol. The second kappa shape index (κ2) is 4.18. The summed E-state index contributed by atoms with van der Waals surface area (Å²) in [5, 5.41) is 5.16. The standard InChI is InChI=1S/C11H9BrN4O2/c12-6-1-2-7-3-14-10(16(7)5-6)9-11(18)15-8(17)4-13-9/h1-3,5,9,13H,4H2,(H,15,17,18). The molecule has 6 nitrogen and oxygen atoms in total. The molecular formula is C11H9BrN4O2. The van der Waals surface area contributed by atoms with Crippen LogP contribution in [-0.4, -0.2) is 27.7 Å². The summed E-state index contributed by atoms with van der Waals surface area (Å²) < 4.78 is 2.71. The number of carbonyl (C=O) groups excluding carboxylic acids is 2. The summed E-state index contributed by atoms with van der Waals surface area (Å²) in [6.07, 6.45) is 3.52.